The van der Waals surface area contributed by atoms with Crippen molar-refractivity contribution < 1.29 is 9.59 Å². The number of amides is 2. The first-order valence-corrected chi connectivity index (χ1v) is 7.52. The molecule has 0 spiro atoms. The maximum atomic E-state index is 12.4. The molecule has 0 fully saturated rings. The number of carbonyl (C=O) groups excluding carboxylic acids is 2. The minimum absolute atomic E-state index is 0.267. The fraction of sp³-hybridized carbons (Fsp3) is 0.111. The Kier molecular flexibility index (Phi) is 3.92. The number of benzene rings is 2. The lowest BCUT2D eigenvalue weighted by molar-refractivity contribution is -0.135. The van der Waals surface area contributed by atoms with Crippen molar-refractivity contribution in [3.05, 3.63) is 70.4 Å². The fourth-order valence-electron chi connectivity index (χ4n) is 2.45. The van der Waals surface area contributed by atoms with E-state index in [-0.39, 0.29) is 17.5 Å². The zero-order valence-corrected chi connectivity index (χ0v) is 13.5. The van der Waals surface area contributed by atoms with E-state index in [4.69, 9.17) is 11.6 Å². The van der Waals surface area contributed by atoms with Crippen LogP contribution in [0, 0.1) is 6.92 Å². The number of rotatable bonds is 3. The summed E-state index contributed by atoms with van der Waals surface area (Å²) in [6.07, 6.45) is 0. The second kappa shape index (κ2) is 5.89. The Morgan fingerprint density at radius 3 is 2.35 bits per heavy atom. The highest BCUT2D eigenvalue weighted by Crippen LogP contribution is 2.30. The predicted octanol–water partition coefficient (Wildman–Crippen LogP) is 3.47. The number of nitrogens with zero attached hydrogens (tertiary/aromatic N) is 1. The Bertz CT molecular complexity index is 828. The Morgan fingerprint density at radius 1 is 1.00 bits per heavy atom. The number of likely N-dealkylation sites (N-methyl/N-ethyl adjacent to an activating group) is 1. The first kappa shape index (κ1) is 15.3. The summed E-state index contributed by atoms with van der Waals surface area (Å²) >= 11 is 6.13. The van der Waals surface area contributed by atoms with E-state index in [1.165, 1.54) is 7.05 Å². The van der Waals surface area contributed by atoms with Crippen LogP contribution in [0.5, 0.6) is 0 Å². The summed E-state index contributed by atoms with van der Waals surface area (Å²) in [5.41, 5.74) is 2.95. The van der Waals surface area contributed by atoms with Crippen LogP contribution < -0.4 is 5.32 Å². The fourth-order valence-corrected chi connectivity index (χ4v) is 2.63. The number of hydrogen-bond donors (Lipinski definition) is 1. The molecule has 0 aliphatic carbocycles. The van der Waals surface area contributed by atoms with E-state index >= 15 is 0 Å². The van der Waals surface area contributed by atoms with Crippen LogP contribution in [0.2, 0.25) is 5.02 Å². The minimum Gasteiger partial charge on any atom is -0.350 e. The van der Waals surface area contributed by atoms with E-state index in [1.54, 1.807) is 6.07 Å². The van der Waals surface area contributed by atoms with Gasteiger partial charge >= 0.3 is 0 Å². The van der Waals surface area contributed by atoms with Crippen LogP contribution in [0.15, 0.2) is 54.2 Å². The lowest BCUT2D eigenvalue weighted by Gasteiger charge is -2.10. The number of halogens is 1. The van der Waals surface area contributed by atoms with Gasteiger partial charge in [-0.15, -0.1) is 0 Å². The van der Waals surface area contributed by atoms with E-state index in [0.717, 1.165) is 10.5 Å². The van der Waals surface area contributed by atoms with E-state index in [2.05, 4.69) is 5.32 Å². The smallest absolute Gasteiger partial charge is 0.277 e. The summed E-state index contributed by atoms with van der Waals surface area (Å²) in [4.78, 5) is 25.9. The van der Waals surface area contributed by atoms with Gasteiger partial charge in [-0.05, 0) is 30.2 Å². The van der Waals surface area contributed by atoms with Gasteiger partial charge in [-0.1, -0.05) is 48.0 Å². The van der Waals surface area contributed by atoms with Crippen molar-refractivity contribution >= 4 is 34.7 Å². The summed E-state index contributed by atoms with van der Waals surface area (Å²) in [7, 11) is 1.48. The molecule has 1 aliphatic heterocycles. The van der Waals surface area contributed by atoms with Crippen molar-refractivity contribution in [2.24, 2.45) is 0 Å². The van der Waals surface area contributed by atoms with Crippen LogP contribution in [-0.4, -0.2) is 23.8 Å². The monoisotopic (exact) mass is 326 g/mol. The molecule has 3 rings (SSSR count). The molecule has 0 atom stereocenters. The number of hydrogen-bond acceptors (Lipinski definition) is 3. The molecule has 0 bridgehead atoms. The van der Waals surface area contributed by atoms with Gasteiger partial charge in [0, 0.05) is 17.8 Å². The van der Waals surface area contributed by atoms with Crippen molar-refractivity contribution in [3.8, 4) is 0 Å². The average molecular weight is 327 g/mol. The Morgan fingerprint density at radius 2 is 1.70 bits per heavy atom. The molecule has 2 aromatic carbocycles. The molecule has 1 heterocycles. The van der Waals surface area contributed by atoms with Gasteiger partial charge in [0.15, 0.2) is 0 Å². The first-order chi connectivity index (χ1) is 11.0. The van der Waals surface area contributed by atoms with Gasteiger partial charge in [-0.2, -0.15) is 0 Å². The molecular formula is C18H15ClN2O2. The highest BCUT2D eigenvalue weighted by Gasteiger charge is 2.36. The van der Waals surface area contributed by atoms with Crippen molar-refractivity contribution in [1.29, 1.82) is 0 Å². The number of nitrogens with one attached hydrogen (secondary N) is 1. The summed E-state index contributed by atoms with van der Waals surface area (Å²) in [5.74, 6) is -0.674. The average Bonchev–Trinajstić information content (AvgIpc) is 2.76. The van der Waals surface area contributed by atoms with Crippen LogP contribution in [0.4, 0.5) is 5.69 Å². The van der Waals surface area contributed by atoms with Crippen LogP contribution in [0.1, 0.15) is 11.1 Å². The molecule has 1 N–H and O–H groups in total. The minimum atomic E-state index is -0.356. The zero-order valence-electron chi connectivity index (χ0n) is 12.8. The van der Waals surface area contributed by atoms with Gasteiger partial charge in [-0.3, -0.25) is 14.5 Å². The number of aryl methyl sites for hydroxylation is 1. The van der Waals surface area contributed by atoms with E-state index in [9.17, 15) is 9.59 Å². The lowest BCUT2D eigenvalue weighted by Crippen LogP contribution is -2.27. The third-order valence-corrected chi connectivity index (χ3v) is 4.20. The Balaban J connectivity index is 2.08. The van der Waals surface area contributed by atoms with Crippen molar-refractivity contribution in [2.75, 3.05) is 12.4 Å². The van der Waals surface area contributed by atoms with Crippen LogP contribution in [0.25, 0.3) is 5.57 Å². The van der Waals surface area contributed by atoms with E-state index < -0.39 is 0 Å². The molecule has 1 aliphatic rings. The van der Waals surface area contributed by atoms with Crippen LogP contribution in [-0.2, 0) is 9.59 Å². The highest BCUT2D eigenvalue weighted by atomic mass is 35.5. The quantitative estimate of drug-likeness (QED) is 0.879. The maximum Gasteiger partial charge on any atom is 0.277 e. The molecule has 116 valence electrons. The van der Waals surface area contributed by atoms with Crippen LogP contribution in [0.3, 0.4) is 0 Å². The van der Waals surface area contributed by atoms with Crippen molar-refractivity contribution in [1.82, 2.24) is 4.90 Å². The van der Waals surface area contributed by atoms with Gasteiger partial charge in [0.05, 0.1) is 5.57 Å². The summed E-state index contributed by atoms with van der Waals surface area (Å²) < 4.78 is 0. The molecule has 4 nitrogen and oxygen atoms in total. The van der Waals surface area contributed by atoms with Crippen LogP contribution >= 0.6 is 11.6 Å². The molecule has 0 radical (unpaired) electrons. The highest BCUT2D eigenvalue weighted by molar-refractivity contribution is 6.36. The predicted molar refractivity (Wildman–Crippen MR) is 91.0 cm³/mol. The van der Waals surface area contributed by atoms with Gasteiger partial charge < -0.3 is 5.32 Å². The maximum absolute atomic E-state index is 12.4. The second-order valence-corrected chi connectivity index (χ2v) is 5.78. The lowest BCUT2D eigenvalue weighted by atomic mass is 10.0. The van der Waals surface area contributed by atoms with Gasteiger partial charge in [0.2, 0.25) is 0 Å². The standard InChI is InChI=1S/C18H15ClN2O2/c1-11-8-9-13(10-14(11)19)20-16-15(12-6-4-3-5-7-12)17(22)21(2)18(16)23/h3-10,20H,1-2H3. The molecule has 0 unspecified atom stereocenters. The molecular weight excluding hydrogens is 312 g/mol. The molecule has 0 saturated heterocycles. The molecule has 2 aromatic rings. The first-order valence-electron chi connectivity index (χ1n) is 7.14. The molecule has 2 amide bonds. The van der Waals surface area contributed by atoms with Crippen molar-refractivity contribution in [2.45, 2.75) is 6.92 Å². The third-order valence-electron chi connectivity index (χ3n) is 3.79. The summed E-state index contributed by atoms with van der Waals surface area (Å²) in [6.45, 7) is 1.90. The number of imide groups is 1. The Labute approximate surface area is 139 Å². The number of anilines is 1. The topological polar surface area (TPSA) is 49.4 Å². The zero-order chi connectivity index (χ0) is 16.6. The van der Waals surface area contributed by atoms with E-state index in [0.29, 0.717) is 21.8 Å². The Hall–Kier alpha value is -2.59. The van der Waals surface area contributed by atoms with Crippen molar-refractivity contribution in [3.63, 3.8) is 0 Å². The third kappa shape index (κ3) is 2.73. The number of carbonyl (C=O) groups is 2. The largest absolute Gasteiger partial charge is 0.350 e. The van der Waals surface area contributed by atoms with Gasteiger partial charge in [-0.25, -0.2) is 0 Å². The van der Waals surface area contributed by atoms with Gasteiger partial charge in [0.1, 0.15) is 5.70 Å². The molecule has 23 heavy (non-hydrogen) atoms. The SMILES string of the molecule is Cc1ccc(NC2=C(c3ccccc3)C(=O)N(C)C2=O)cc1Cl. The van der Waals surface area contributed by atoms with Gasteiger partial charge in [0.25, 0.3) is 11.8 Å². The normalized spacial score (nSPS) is 14.7. The van der Waals surface area contributed by atoms with E-state index in [1.807, 2.05) is 49.4 Å². The molecule has 0 saturated carbocycles. The second-order valence-electron chi connectivity index (χ2n) is 5.37. The molecule has 5 heteroatoms. The summed E-state index contributed by atoms with van der Waals surface area (Å²) in [6, 6.07) is 14.6. The molecule has 0 aromatic heterocycles. The summed E-state index contributed by atoms with van der Waals surface area (Å²) in [5, 5.41) is 3.65.